The lowest BCUT2D eigenvalue weighted by atomic mass is 10.0. The van der Waals surface area contributed by atoms with Gasteiger partial charge in [0.1, 0.15) is 0 Å². The molecule has 0 atom stereocenters. The zero-order valence-corrected chi connectivity index (χ0v) is 22.1. The van der Waals surface area contributed by atoms with E-state index in [1.165, 1.54) is 31.2 Å². The molecule has 0 spiro atoms. The van der Waals surface area contributed by atoms with E-state index < -0.39 is 10.0 Å². The van der Waals surface area contributed by atoms with Gasteiger partial charge < -0.3 is 9.47 Å². The van der Waals surface area contributed by atoms with Crippen molar-refractivity contribution in [2.45, 2.75) is 18.7 Å². The van der Waals surface area contributed by atoms with Gasteiger partial charge in [-0.2, -0.15) is 0 Å². The van der Waals surface area contributed by atoms with Crippen LogP contribution in [-0.4, -0.2) is 32.4 Å². The summed E-state index contributed by atoms with van der Waals surface area (Å²) in [5, 5.41) is 0.642. The molecule has 6 nitrogen and oxygen atoms in total. The van der Waals surface area contributed by atoms with Crippen molar-refractivity contribution < 1.29 is 22.7 Å². The van der Waals surface area contributed by atoms with Gasteiger partial charge in [0.25, 0.3) is 10.0 Å². The van der Waals surface area contributed by atoms with Gasteiger partial charge in [-0.25, -0.2) is 12.4 Å². The van der Waals surface area contributed by atoms with Crippen molar-refractivity contribution in [1.82, 2.24) is 3.97 Å². The van der Waals surface area contributed by atoms with Gasteiger partial charge in [-0.1, -0.05) is 45.8 Å². The highest BCUT2D eigenvalue weighted by atomic mass is 79.9. The second-order valence-corrected chi connectivity index (χ2v) is 10.7. The third-order valence-corrected chi connectivity index (χ3v) is 7.90. The number of ketones is 1. The smallest absolute Gasteiger partial charge is 0.268 e. The number of benzene rings is 3. The largest absolute Gasteiger partial charge is 0.493 e. The number of fused-ring (bicyclic) bond motifs is 1. The van der Waals surface area contributed by atoms with Crippen molar-refractivity contribution in [3.63, 3.8) is 0 Å². The summed E-state index contributed by atoms with van der Waals surface area (Å²) >= 11 is 3.45. The van der Waals surface area contributed by atoms with E-state index in [2.05, 4.69) is 15.9 Å². The van der Waals surface area contributed by atoms with Crippen LogP contribution >= 0.6 is 15.9 Å². The zero-order valence-electron chi connectivity index (χ0n) is 19.7. The molecule has 0 fully saturated rings. The van der Waals surface area contributed by atoms with Crippen molar-refractivity contribution in [2.24, 2.45) is 0 Å². The number of aryl methyl sites for hydroxylation is 1. The van der Waals surface area contributed by atoms with Gasteiger partial charge in [-0.3, -0.25) is 4.79 Å². The molecular formula is C27H24BrNO5S. The van der Waals surface area contributed by atoms with Crippen molar-refractivity contribution in [3.8, 4) is 22.6 Å². The number of ether oxygens (including phenoxy) is 2. The molecule has 0 amide bonds. The minimum atomic E-state index is -4.05. The maximum atomic E-state index is 14.0. The van der Waals surface area contributed by atoms with Gasteiger partial charge in [0.15, 0.2) is 17.3 Å². The lowest BCUT2D eigenvalue weighted by Gasteiger charge is -2.12. The number of rotatable bonds is 7. The molecule has 0 N–H and O–H groups in total. The maximum Gasteiger partial charge on any atom is 0.268 e. The molecule has 0 saturated heterocycles. The summed E-state index contributed by atoms with van der Waals surface area (Å²) < 4.78 is 41.3. The summed E-state index contributed by atoms with van der Waals surface area (Å²) in [6, 6.07) is 17.6. The number of aromatic nitrogens is 1. The summed E-state index contributed by atoms with van der Waals surface area (Å²) in [4.78, 5) is 12.0. The van der Waals surface area contributed by atoms with E-state index in [9.17, 15) is 13.2 Å². The Morgan fingerprint density at radius 3 is 2.11 bits per heavy atom. The topological polar surface area (TPSA) is 74.6 Å². The number of hydrogen-bond donors (Lipinski definition) is 0. The number of halogens is 1. The molecule has 0 aliphatic carbocycles. The quantitative estimate of drug-likeness (QED) is 0.253. The predicted octanol–water partition coefficient (Wildman–Crippen LogP) is 6.24. The first-order chi connectivity index (χ1) is 16.7. The van der Waals surface area contributed by atoms with E-state index in [1.807, 2.05) is 31.2 Å². The summed E-state index contributed by atoms with van der Waals surface area (Å²) in [5.41, 5.74) is 3.14. The lowest BCUT2D eigenvalue weighted by molar-refractivity contribution is -0.112. The first kappa shape index (κ1) is 24.8. The lowest BCUT2D eigenvalue weighted by Crippen LogP contribution is -2.14. The third-order valence-electron chi connectivity index (χ3n) is 5.63. The summed E-state index contributed by atoms with van der Waals surface area (Å²) in [6.07, 6.45) is 2.91. The van der Waals surface area contributed by atoms with Crippen LogP contribution in [0.15, 0.2) is 76.1 Å². The molecular weight excluding hydrogens is 530 g/mol. The summed E-state index contributed by atoms with van der Waals surface area (Å²) in [5.74, 6) is 0.652. The van der Waals surface area contributed by atoms with Crippen molar-refractivity contribution in [1.29, 1.82) is 0 Å². The van der Waals surface area contributed by atoms with Crippen LogP contribution in [0.1, 0.15) is 18.2 Å². The van der Waals surface area contributed by atoms with E-state index >= 15 is 0 Å². The highest BCUT2D eigenvalue weighted by Gasteiger charge is 2.28. The Morgan fingerprint density at radius 1 is 0.943 bits per heavy atom. The van der Waals surface area contributed by atoms with Gasteiger partial charge in [0.2, 0.25) is 0 Å². The van der Waals surface area contributed by atoms with E-state index in [0.717, 1.165) is 15.6 Å². The molecule has 4 rings (SSSR count). The number of hydrogen-bond acceptors (Lipinski definition) is 5. The molecule has 1 heterocycles. The van der Waals surface area contributed by atoms with Crippen LogP contribution in [0.2, 0.25) is 0 Å². The third kappa shape index (κ3) is 4.63. The fraction of sp³-hybridized carbons (Fsp3) is 0.148. The Balaban J connectivity index is 2.20. The number of nitrogens with zero attached hydrogens (tertiary/aromatic N) is 1. The predicted molar refractivity (Wildman–Crippen MR) is 142 cm³/mol. The Morgan fingerprint density at radius 2 is 1.54 bits per heavy atom. The Hall–Kier alpha value is -3.36. The second kappa shape index (κ2) is 9.71. The van der Waals surface area contributed by atoms with E-state index in [-0.39, 0.29) is 10.7 Å². The first-order valence-electron chi connectivity index (χ1n) is 10.7. The standard InChI is InChI=1S/C27H24BrNO5S/c1-17-5-12-21(13-6-17)35(31,32)29-23(14-7-18(2)30)27(19-8-10-20(28)11-9-19)22-15-25(33-3)26(34-4)16-24(22)29/h5-16H,1-4H3/b14-7+. The maximum absolute atomic E-state index is 14.0. The van der Waals surface area contributed by atoms with Crippen LogP contribution in [0, 0.1) is 6.92 Å². The highest BCUT2D eigenvalue weighted by Crippen LogP contribution is 2.43. The second-order valence-electron chi connectivity index (χ2n) is 8.02. The molecule has 35 heavy (non-hydrogen) atoms. The molecule has 8 heteroatoms. The first-order valence-corrected chi connectivity index (χ1v) is 13.0. The van der Waals surface area contributed by atoms with Gasteiger partial charge in [0, 0.05) is 21.5 Å². The fourth-order valence-electron chi connectivity index (χ4n) is 3.95. The van der Waals surface area contributed by atoms with Gasteiger partial charge in [0.05, 0.1) is 30.3 Å². The average molecular weight is 554 g/mol. The molecule has 0 radical (unpaired) electrons. The van der Waals surface area contributed by atoms with Crippen molar-refractivity contribution in [3.05, 3.63) is 82.5 Å². The van der Waals surface area contributed by atoms with Gasteiger partial charge >= 0.3 is 0 Å². The molecule has 3 aromatic carbocycles. The van der Waals surface area contributed by atoms with Crippen LogP contribution in [0.25, 0.3) is 28.1 Å². The molecule has 0 unspecified atom stereocenters. The number of methoxy groups -OCH3 is 2. The summed E-state index contributed by atoms with van der Waals surface area (Å²) in [7, 11) is -1.03. The average Bonchev–Trinajstić information content (AvgIpc) is 3.16. The monoisotopic (exact) mass is 553 g/mol. The van der Waals surface area contributed by atoms with Gasteiger partial charge in [-0.15, -0.1) is 0 Å². The molecule has 1 aromatic heterocycles. The van der Waals surface area contributed by atoms with Crippen LogP contribution in [0.4, 0.5) is 0 Å². The van der Waals surface area contributed by atoms with Crippen LogP contribution in [0.3, 0.4) is 0 Å². The highest BCUT2D eigenvalue weighted by molar-refractivity contribution is 9.10. The molecule has 180 valence electrons. The van der Waals surface area contributed by atoms with Crippen LogP contribution < -0.4 is 9.47 Å². The molecule has 0 aliphatic rings. The Kier molecular flexibility index (Phi) is 6.87. The molecule has 0 saturated carbocycles. The van der Waals surface area contributed by atoms with Crippen molar-refractivity contribution in [2.75, 3.05) is 14.2 Å². The SMILES string of the molecule is COc1cc2c(-c3ccc(Br)cc3)c(/C=C/C(C)=O)n(S(=O)(=O)c3ccc(C)cc3)c2cc1OC. The van der Waals surface area contributed by atoms with E-state index in [4.69, 9.17) is 9.47 Å². The zero-order chi connectivity index (χ0) is 25.3. The number of allylic oxidation sites excluding steroid dienone is 1. The van der Waals surface area contributed by atoms with Crippen LogP contribution in [0.5, 0.6) is 11.5 Å². The number of carbonyl (C=O) groups excluding carboxylic acids is 1. The normalized spacial score (nSPS) is 11.8. The minimum absolute atomic E-state index is 0.134. The van der Waals surface area contributed by atoms with Gasteiger partial charge in [-0.05, 0) is 61.9 Å². The fourth-order valence-corrected chi connectivity index (χ4v) is 5.72. The minimum Gasteiger partial charge on any atom is -0.493 e. The molecule has 0 aliphatic heterocycles. The van der Waals surface area contributed by atoms with E-state index in [1.54, 1.807) is 42.5 Å². The molecule has 4 aromatic rings. The van der Waals surface area contributed by atoms with E-state index in [0.29, 0.717) is 33.7 Å². The summed E-state index contributed by atoms with van der Waals surface area (Å²) in [6.45, 7) is 3.31. The Bertz CT molecular complexity index is 1550. The molecule has 0 bridgehead atoms. The number of carbonyl (C=O) groups is 1. The van der Waals surface area contributed by atoms with Crippen LogP contribution in [-0.2, 0) is 14.8 Å². The Labute approximate surface area is 213 Å². The van der Waals surface area contributed by atoms with Crippen molar-refractivity contribution >= 4 is 48.7 Å².